The molecule has 1 saturated carbocycles. The molecule has 2 aliphatic rings. The summed E-state index contributed by atoms with van der Waals surface area (Å²) < 4.78 is 6.01. The van der Waals surface area contributed by atoms with E-state index in [4.69, 9.17) is 21.3 Å². The van der Waals surface area contributed by atoms with Gasteiger partial charge in [-0.2, -0.15) is 0 Å². The van der Waals surface area contributed by atoms with Crippen molar-refractivity contribution in [3.8, 4) is 11.5 Å². The van der Waals surface area contributed by atoms with E-state index in [-0.39, 0.29) is 0 Å². The third-order valence-corrected chi connectivity index (χ3v) is 4.00. The van der Waals surface area contributed by atoms with Crippen LogP contribution in [0.3, 0.4) is 0 Å². The summed E-state index contributed by atoms with van der Waals surface area (Å²) in [5.74, 6) is 3.16. The average Bonchev–Trinajstić information content (AvgIpc) is 3.31. The smallest absolute Gasteiger partial charge is 0.150 e. The van der Waals surface area contributed by atoms with Crippen LogP contribution < -0.4 is 10.1 Å². The maximum atomic E-state index is 6.14. The summed E-state index contributed by atoms with van der Waals surface area (Å²) in [6, 6.07) is 13.5. The number of ether oxygens (including phenoxy) is 1. The molecule has 1 heterocycles. The topological polar surface area (TPSA) is 33.6 Å². The normalized spacial score (nSPS) is 18.2. The van der Waals surface area contributed by atoms with E-state index in [2.05, 4.69) is 5.32 Å². The number of rotatable bonds is 2. The number of hydrogen-bond acceptors (Lipinski definition) is 2. The summed E-state index contributed by atoms with van der Waals surface area (Å²) in [5, 5.41) is 4.08. The van der Waals surface area contributed by atoms with E-state index in [9.17, 15) is 0 Å². The van der Waals surface area contributed by atoms with Crippen LogP contribution in [0.1, 0.15) is 18.4 Å². The first-order chi connectivity index (χ1) is 10.3. The van der Waals surface area contributed by atoms with Crippen LogP contribution in [0.2, 0.25) is 5.02 Å². The van der Waals surface area contributed by atoms with Gasteiger partial charge >= 0.3 is 0 Å². The lowest BCUT2D eigenvalue weighted by Gasteiger charge is -2.08. The summed E-state index contributed by atoms with van der Waals surface area (Å²) in [7, 11) is 0. The van der Waals surface area contributed by atoms with Crippen molar-refractivity contribution in [3.05, 3.63) is 53.1 Å². The molecule has 0 amide bonds. The molecule has 2 aromatic carbocycles. The van der Waals surface area contributed by atoms with Gasteiger partial charge in [-0.1, -0.05) is 23.7 Å². The van der Waals surface area contributed by atoms with Gasteiger partial charge in [0.15, 0.2) is 5.75 Å². The van der Waals surface area contributed by atoms with E-state index < -0.39 is 0 Å². The quantitative estimate of drug-likeness (QED) is 0.871. The molecule has 21 heavy (non-hydrogen) atoms. The van der Waals surface area contributed by atoms with Crippen LogP contribution in [0.4, 0.5) is 5.69 Å². The van der Waals surface area contributed by atoms with E-state index in [1.165, 1.54) is 12.8 Å². The maximum Gasteiger partial charge on any atom is 0.150 e. The van der Waals surface area contributed by atoms with Crippen molar-refractivity contribution in [1.29, 1.82) is 0 Å². The van der Waals surface area contributed by atoms with Gasteiger partial charge < -0.3 is 10.1 Å². The summed E-state index contributed by atoms with van der Waals surface area (Å²) >= 11 is 6.14. The minimum absolute atomic E-state index is 0.684. The molecule has 0 unspecified atom stereocenters. The maximum absolute atomic E-state index is 6.14. The highest BCUT2D eigenvalue weighted by Crippen LogP contribution is 2.37. The van der Waals surface area contributed by atoms with Crippen LogP contribution in [-0.4, -0.2) is 12.4 Å². The zero-order valence-corrected chi connectivity index (χ0v) is 12.2. The highest BCUT2D eigenvalue weighted by Gasteiger charge is 2.23. The predicted molar refractivity (Wildman–Crippen MR) is 85.7 cm³/mol. The summed E-state index contributed by atoms with van der Waals surface area (Å²) in [4.78, 5) is 4.75. The molecule has 2 aromatic rings. The lowest BCUT2D eigenvalue weighted by Crippen LogP contribution is -2.13. The van der Waals surface area contributed by atoms with Crippen molar-refractivity contribution in [2.45, 2.75) is 12.8 Å². The van der Waals surface area contributed by atoms with Crippen LogP contribution >= 0.6 is 11.6 Å². The number of para-hydroxylation sites is 2. The molecular formula is C17H15ClN2O. The molecule has 4 rings (SSSR count). The largest absolute Gasteiger partial charge is 0.454 e. The Bertz CT molecular complexity index is 722. The molecule has 0 radical (unpaired) electrons. The van der Waals surface area contributed by atoms with Gasteiger partial charge in [0.1, 0.15) is 11.6 Å². The molecule has 0 bridgehead atoms. The predicted octanol–water partition coefficient (Wildman–Crippen LogP) is 4.71. The Labute approximate surface area is 128 Å². The van der Waals surface area contributed by atoms with Crippen LogP contribution in [-0.2, 0) is 0 Å². The van der Waals surface area contributed by atoms with Gasteiger partial charge in [-0.25, -0.2) is 0 Å². The molecule has 1 fully saturated rings. The Balaban J connectivity index is 1.81. The molecule has 1 aliphatic carbocycles. The number of aliphatic imine (C=N–C) groups is 1. The second-order valence-electron chi connectivity index (χ2n) is 5.50. The molecule has 0 saturated heterocycles. The number of benzene rings is 2. The van der Waals surface area contributed by atoms with Crippen molar-refractivity contribution in [3.63, 3.8) is 0 Å². The first kappa shape index (κ1) is 12.7. The third-order valence-electron chi connectivity index (χ3n) is 3.76. The Hall–Kier alpha value is -2.00. The van der Waals surface area contributed by atoms with Crippen LogP contribution in [0.5, 0.6) is 11.5 Å². The minimum Gasteiger partial charge on any atom is -0.454 e. The van der Waals surface area contributed by atoms with E-state index in [0.29, 0.717) is 5.02 Å². The average molecular weight is 299 g/mol. The monoisotopic (exact) mass is 298 g/mol. The number of anilines is 1. The first-order valence-corrected chi connectivity index (χ1v) is 7.56. The van der Waals surface area contributed by atoms with Gasteiger partial charge in [0.25, 0.3) is 0 Å². The zero-order chi connectivity index (χ0) is 14.2. The highest BCUT2D eigenvalue weighted by atomic mass is 35.5. The number of nitrogens with zero attached hydrogens (tertiary/aromatic N) is 1. The lowest BCUT2D eigenvalue weighted by atomic mass is 10.2. The number of halogens is 1. The van der Waals surface area contributed by atoms with E-state index >= 15 is 0 Å². The van der Waals surface area contributed by atoms with Gasteiger partial charge in [-0.15, -0.1) is 0 Å². The molecule has 106 valence electrons. The Morgan fingerprint density at radius 2 is 2.00 bits per heavy atom. The fourth-order valence-corrected chi connectivity index (χ4v) is 2.57. The molecule has 1 N–H and O–H groups in total. The van der Waals surface area contributed by atoms with Crippen LogP contribution in [0, 0.1) is 5.92 Å². The standard InChI is InChI=1S/C17H15ClN2O/c18-12-7-8-15-13(9-12)17(19-10-11-5-6-11)20-14-3-1-2-4-16(14)21-15/h1-4,7-9,11H,5-6,10H2,(H,19,20). The summed E-state index contributed by atoms with van der Waals surface area (Å²) in [6.45, 7) is 0.858. The number of amidine groups is 1. The van der Waals surface area contributed by atoms with E-state index in [1.54, 1.807) is 0 Å². The molecule has 4 heteroatoms. The fraction of sp³-hybridized carbons (Fsp3) is 0.235. The summed E-state index contributed by atoms with van der Waals surface area (Å²) in [5.41, 5.74) is 1.85. The number of hydrogen-bond donors (Lipinski definition) is 1. The third kappa shape index (κ3) is 2.61. The molecule has 3 nitrogen and oxygen atoms in total. The number of nitrogens with one attached hydrogen (secondary N) is 1. The number of fused-ring (bicyclic) bond motifs is 2. The van der Waals surface area contributed by atoms with Gasteiger partial charge in [0, 0.05) is 11.6 Å². The van der Waals surface area contributed by atoms with Gasteiger partial charge in [-0.3, -0.25) is 4.99 Å². The van der Waals surface area contributed by atoms with Crippen molar-refractivity contribution in [2.75, 3.05) is 11.9 Å². The first-order valence-electron chi connectivity index (χ1n) is 7.18. The Kier molecular flexibility index (Phi) is 3.08. The molecule has 0 aromatic heterocycles. The molecule has 1 aliphatic heterocycles. The lowest BCUT2D eigenvalue weighted by molar-refractivity contribution is 0.486. The summed E-state index contributed by atoms with van der Waals surface area (Å²) in [6.07, 6.45) is 2.57. The second-order valence-corrected chi connectivity index (χ2v) is 5.93. The van der Waals surface area contributed by atoms with Crippen LogP contribution in [0.15, 0.2) is 47.5 Å². The Morgan fingerprint density at radius 3 is 2.86 bits per heavy atom. The molecule has 0 spiro atoms. The highest BCUT2D eigenvalue weighted by molar-refractivity contribution is 6.31. The van der Waals surface area contributed by atoms with Crippen LogP contribution in [0.25, 0.3) is 0 Å². The zero-order valence-electron chi connectivity index (χ0n) is 11.5. The van der Waals surface area contributed by atoms with Gasteiger partial charge in [-0.05, 0) is 49.1 Å². The molecule has 0 atom stereocenters. The SMILES string of the molecule is Clc1ccc2c(c1)C(=NCC1CC1)Nc1ccccc1O2. The Morgan fingerprint density at radius 1 is 1.14 bits per heavy atom. The van der Waals surface area contributed by atoms with Crippen molar-refractivity contribution in [1.82, 2.24) is 0 Å². The van der Waals surface area contributed by atoms with Crippen molar-refractivity contribution >= 4 is 23.1 Å². The molecular weight excluding hydrogens is 284 g/mol. The second kappa shape index (κ2) is 5.08. The van der Waals surface area contributed by atoms with Crippen molar-refractivity contribution in [2.24, 2.45) is 10.9 Å². The van der Waals surface area contributed by atoms with E-state index in [0.717, 1.165) is 41.0 Å². The minimum atomic E-state index is 0.684. The van der Waals surface area contributed by atoms with Crippen molar-refractivity contribution < 1.29 is 4.74 Å². The van der Waals surface area contributed by atoms with Gasteiger partial charge in [0.2, 0.25) is 0 Å². The van der Waals surface area contributed by atoms with E-state index in [1.807, 2.05) is 42.5 Å². The van der Waals surface area contributed by atoms with Gasteiger partial charge in [0.05, 0.1) is 11.3 Å². The fourth-order valence-electron chi connectivity index (χ4n) is 2.39.